The number of hydrogen-bond acceptors (Lipinski definition) is 4. The molecule has 2 N–H and O–H groups in total. The molecule has 1 atom stereocenters. The van der Waals surface area contributed by atoms with Crippen LogP contribution >= 0.6 is 0 Å². The zero-order valence-electron chi connectivity index (χ0n) is 14.6. The number of anilines is 1. The summed E-state index contributed by atoms with van der Waals surface area (Å²) in [6.45, 7) is 2.43. The highest BCUT2D eigenvalue weighted by Crippen LogP contribution is 2.31. The van der Waals surface area contributed by atoms with E-state index >= 15 is 0 Å². The fourth-order valence-corrected chi connectivity index (χ4v) is 3.10. The molecule has 7 nitrogen and oxygen atoms in total. The van der Waals surface area contributed by atoms with Gasteiger partial charge in [0.15, 0.2) is 0 Å². The highest BCUT2D eigenvalue weighted by Gasteiger charge is 2.44. The summed E-state index contributed by atoms with van der Waals surface area (Å²) in [4.78, 5) is 37.6. The Morgan fingerprint density at radius 1 is 1.36 bits per heavy atom. The molecule has 0 bridgehead atoms. The van der Waals surface area contributed by atoms with Gasteiger partial charge in [-0.3, -0.25) is 14.4 Å². The minimum atomic E-state index is -1.07. The van der Waals surface area contributed by atoms with Crippen molar-refractivity contribution in [3.63, 3.8) is 0 Å². The van der Waals surface area contributed by atoms with Crippen LogP contribution in [0.3, 0.4) is 0 Å². The zero-order valence-corrected chi connectivity index (χ0v) is 14.6. The van der Waals surface area contributed by atoms with Gasteiger partial charge in [-0.2, -0.15) is 0 Å². The number of carbonyl (C=O) groups excluding carboxylic acids is 2. The first-order valence-electron chi connectivity index (χ1n) is 8.33. The number of carbonyl (C=O) groups is 3. The number of likely N-dealkylation sites (tertiary alicyclic amines) is 1. The van der Waals surface area contributed by atoms with Crippen LogP contribution in [-0.4, -0.2) is 54.6 Å². The van der Waals surface area contributed by atoms with E-state index in [1.54, 1.807) is 36.1 Å². The first kappa shape index (κ1) is 18.9. The number of benzene rings is 1. The molecule has 25 heavy (non-hydrogen) atoms. The number of piperidine rings is 1. The third kappa shape index (κ3) is 4.36. The topological polar surface area (TPSA) is 95.9 Å². The highest BCUT2D eigenvalue weighted by molar-refractivity contribution is 5.97. The van der Waals surface area contributed by atoms with Crippen LogP contribution in [-0.2, 0) is 14.3 Å². The molecular weight excluding hydrogens is 324 g/mol. The molecule has 1 saturated heterocycles. The number of ether oxygens (including phenoxy) is 1. The van der Waals surface area contributed by atoms with Crippen LogP contribution in [0.5, 0.6) is 0 Å². The van der Waals surface area contributed by atoms with Gasteiger partial charge in [0.1, 0.15) is 5.41 Å². The third-order valence-corrected chi connectivity index (χ3v) is 4.45. The molecule has 1 aromatic rings. The van der Waals surface area contributed by atoms with Crippen molar-refractivity contribution in [1.82, 2.24) is 4.90 Å². The number of amides is 2. The average Bonchev–Trinajstić information content (AvgIpc) is 2.61. The second kappa shape index (κ2) is 8.11. The van der Waals surface area contributed by atoms with Crippen LogP contribution in [0.2, 0.25) is 0 Å². The zero-order chi connectivity index (χ0) is 18.4. The number of aliphatic carboxylic acids is 1. The second-order valence-corrected chi connectivity index (χ2v) is 6.33. The lowest BCUT2D eigenvalue weighted by Gasteiger charge is -2.39. The van der Waals surface area contributed by atoms with Crippen LogP contribution in [0.4, 0.5) is 5.69 Å². The number of methoxy groups -OCH3 is 1. The smallest absolute Gasteiger partial charge is 0.313 e. The Morgan fingerprint density at radius 3 is 2.76 bits per heavy atom. The lowest BCUT2D eigenvalue weighted by molar-refractivity contribution is -0.155. The number of carboxylic acid groups (broad SMARTS) is 1. The summed E-state index contributed by atoms with van der Waals surface area (Å²) < 4.78 is 5.09. The molecule has 1 aliphatic rings. The largest absolute Gasteiger partial charge is 0.481 e. The molecule has 0 aliphatic carbocycles. The average molecular weight is 348 g/mol. The molecule has 1 fully saturated rings. The fraction of sp³-hybridized carbons (Fsp3) is 0.500. The maximum Gasteiger partial charge on any atom is 0.313 e. The lowest BCUT2D eigenvalue weighted by Crippen LogP contribution is -2.52. The van der Waals surface area contributed by atoms with Crippen molar-refractivity contribution >= 4 is 23.5 Å². The SMILES string of the molecule is CCC(=O)Nc1cccc(C(=O)N2CCCC(COC)(C(=O)O)C2)c1. The fourth-order valence-electron chi connectivity index (χ4n) is 3.10. The molecule has 0 spiro atoms. The molecule has 7 heteroatoms. The number of hydrogen-bond donors (Lipinski definition) is 2. The number of rotatable bonds is 6. The van der Waals surface area contributed by atoms with Gasteiger partial charge < -0.3 is 20.1 Å². The maximum absolute atomic E-state index is 12.8. The maximum atomic E-state index is 12.8. The van der Waals surface area contributed by atoms with Gasteiger partial charge in [0.2, 0.25) is 5.91 Å². The van der Waals surface area contributed by atoms with E-state index in [9.17, 15) is 19.5 Å². The Balaban J connectivity index is 2.18. The molecular formula is C18H24N2O5. The van der Waals surface area contributed by atoms with Crippen molar-refractivity contribution in [2.24, 2.45) is 5.41 Å². The van der Waals surface area contributed by atoms with E-state index in [4.69, 9.17) is 4.74 Å². The lowest BCUT2D eigenvalue weighted by atomic mass is 9.80. The predicted molar refractivity (Wildman–Crippen MR) is 92.4 cm³/mol. The van der Waals surface area contributed by atoms with Crippen LogP contribution in [0.15, 0.2) is 24.3 Å². The predicted octanol–water partition coefficient (Wildman–Crippen LogP) is 1.99. The first-order valence-corrected chi connectivity index (χ1v) is 8.33. The van der Waals surface area contributed by atoms with Crippen molar-refractivity contribution in [2.75, 3.05) is 32.1 Å². The second-order valence-electron chi connectivity index (χ2n) is 6.33. The Hall–Kier alpha value is -2.41. The molecule has 1 heterocycles. The third-order valence-electron chi connectivity index (χ3n) is 4.45. The first-order chi connectivity index (χ1) is 11.9. The van der Waals surface area contributed by atoms with Gasteiger partial charge in [-0.05, 0) is 31.0 Å². The molecule has 1 aliphatic heterocycles. The van der Waals surface area contributed by atoms with Gasteiger partial charge in [-0.1, -0.05) is 13.0 Å². The van der Waals surface area contributed by atoms with Crippen molar-refractivity contribution in [3.8, 4) is 0 Å². The summed E-state index contributed by atoms with van der Waals surface area (Å²) >= 11 is 0. The Kier molecular flexibility index (Phi) is 6.14. The monoisotopic (exact) mass is 348 g/mol. The van der Waals surface area contributed by atoms with Crippen molar-refractivity contribution in [1.29, 1.82) is 0 Å². The van der Waals surface area contributed by atoms with Crippen LogP contribution < -0.4 is 5.32 Å². The van der Waals surface area contributed by atoms with E-state index < -0.39 is 11.4 Å². The number of carboxylic acids is 1. The highest BCUT2D eigenvalue weighted by atomic mass is 16.5. The van der Waals surface area contributed by atoms with Gasteiger partial charge in [-0.15, -0.1) is 0 Å². The molecule has 136 valence electrons. The Bertz CT molecular complexity index is 657. The van der Waals surface area contributed by atoms with E-state index in [0.29, 0.717) is 37.1 Å². The van der Waals surface area contributed by atoms with Crippen molar-refractivity contribution in [2.45, 2.75) is 26.2 Å². The Morgan fingerprint density at radius 2 is 2.12 bits per heavy atom. The molecule has 2 rings (SSSR count). The van der Waals surface area contributed by atoms with Crippen molar-refractivity contribution in [3.05, 3.63) is 29.8 Å². The summed E-state index contributed by atoms with van der Waals surface area (Å²) in [7, 11) is 1.46. The van der Waals surface area contributed by atoms with Gasteiger partial charge in [0.25, 0.3) is 5.91 Å². The van der Waals surface area contributed by atoms with E-state index in [1.165, 1.54) is 7.11 Å². The minimum Gasteiger partial charge on any atom is -0.481 e. The molecule has 1 unspecified atom stereocenters. The quantitative estimate of drug-likeness (QED) is 0.819. The molecule has 1 aromatic carbocycles. The Labute approximate surface area is 147 Å². The van der Waals surface area contributed by atoms with Gasteiger partial charge >= 0.3 is 5.97 Å². The molecule has 0 radical (unpaired) electrons. The number of nitrogens with one attached hydrogen (secondary N) is 1. The van der Waals surface area contributed by atoms with Crippen molar-refractivity contribution < 1.29 is 24.2 Å². The summed E-state index contributed by atoms with van der Waals surface area (Å²) in [5.74, 6) is -1.32. The molecule has 0 saturated carbocycles. The van der Waals surface area contributed by atoms with E-state index in [0.717, 1.165) is 0 Å². The normalized spacial score (nSPS) is 20.2. The summed E-state index contributed by atoms with van der Waals surface area (Å²) in [5, 5.41) is 12.3. The number of nitrogens with zero attached hydrogens (tertiary/aromatic N) is 1. The van der Waals surface area contributed by atoms with E-state index in [-0.39, 0.29) is 25.0 Å². The summed E-state index contributed by atoms with van der Waals surface area (Å²) in [6.07, 6.45) is 1.43. The van der Waals surface area contributed by atoms with Crippen LogP contribution in [0.25, 0.3) is 0 Å². The van der Waals surface area contributed by atoms with E-state index in [1.807, 2.05) is 0 Å². The van der Waals surface area contributed by atoms with Crippen LogP contribution in [0, 0.1) is 5.41 Å². The summed E-state index contributed by atoms with van der Waals surface area (Å²) in [5.41, 5.74) is -0.0972. The standard InChI is InChI=1S/C18H24N2O5/c1-3-15(21)19-14-7-4-6-13(10-14)16(22)20-9-5-8-18(11-20,12-25-2)17(23)24/h4,6-7,10H,3,5,8-9,11-12H2,1-2H3,(H,19,21)(H,23,24). The van der Waals surface area contributed by atoms with Gasteiger partial charge in [0, 0.05) is 37.9 Å². The summed E-state index contributed by atoms with van der Waals surface area (Å²) in [6, 6.07) is 6.69. The van der Waals surface area contributed by atoms with Crippen LogP contribution in [0.1, 0.15) is 36.5 Å². The molecule has 0 aromatic heterocycles. The van der Waals surface area contributed by atoms with E-state index in [2.05, 4.69) is 5.32 Å². The molecule has 2 amide bonds. The minimum absolute atomic E-state index is 0.0682. The van der Waals surface area contributed by atoms with Gasteiger partial charge in [0.05, 0.1) is 6.61 Å². The van der Waals surface area contributed by atoms with Gasteiger partial charge in [-0.25, -0.2) is 0 Å².